The van der Waals surface area contributed by atoms with E-state index in [1.807, 2.05) is 18.2 Å². The van der Waals surface area contributed by atoms with E-state index in [2.05, 4.69) is 37.2 Å². The molecule has 1 aromatic rings. The molecule has 5 nitrogen and oxygen atoms in total. The van der Waals surface area contributed by atoms with Gasteiger partial charge in [-0.05, 0) is 32.0 Å². The molecule has 2 N–H and O–H groups in total. The Balaban J connectivity index is 2.65. The zero-order chi connectivity index (χ0) is 15.8. The lowest BCUT2D eigenvalue weighted by molar-refractivity contribution is 0.190. The van der Waals surface area contributed by atoms with Gasteiger partial charge < -0.3 is 15.3 Å². The molecule has 0 aliphatic heterocycles. The molecule has 0 bridgehead atoms. The van der Waals surface area contributed by atoms with Gasteiger partial charge in [-0.2, -0.15) is 0 Å². The molecule has 0 atom stereocenters. The number of aliphatic hydroxyl groups excluding tert-OH is 1. The number of amides is 2. The average Bonchev–Trinajstić information content (AvgIpc) is 2.46. The van der Waals surface area contributed by atoms with Crippen LogP contribution in [-0.2, 0) is 13.1 Å². The van der Waals surface area contributed by atoms with Crippen LogP contribution in [0, 0.1) is 0 Å². The van der Waals surface area contributed by atoms with Crippen molar-refractivity contribution in [1.29, 1.82) is 0 Å². The number of benzene rings is 1. The van der Waals surface area contributed by atoms with E-state index < -0.39 is 0 Å². The predicted molar refractivity (Wildman–Crippen MR) is 85.0 cm³/mol. The Bertz CT molecular complexity index is 449. The van der Waals surface area contributed by atoms with Crippen LogP contribution in [-0.4, -0.2) is 54.2 Å². The van der Waals surface area contributed by atoms with Gasteiger partial charge in [0.15, 0.2) is 0 Å². The van der Waals surface area contributed by atoms with Crippen molar-refractivity contribution in [3.8, 4) is 0 Å². The molecule has 118 valence electrons. The number of rotatable bonds is 7. The molecule has 0 fully saturated rings. The van der Waals surface area contributed by atoms with E-state index >= 15 is 0 Å². The third-order valence-corrected chi connectivity index (χ3v) is 3.63. The molecule has 0 aliphatic carbocycles. The summed E-state index contributed by atoms with van der Waals surface area (Å²) in [5, 5.41) is 11.7. The molecule has 21 heavy (non-hydrogen) atoms. The van der Waals surface area contributed by atoms with Crippen molar-refractivity contribution in [1.82, 2.24) is 15.1 Å². The fourth-order valence-electron chi connectivity index (χ4n) is 1.89. The molecule has 0 saturated carbocycles. The summed E-state index contributed by atoms with van der Waals surface area (Å²) in [6.07, 6.45) is 0. The van der Waals surface area contributed by atoms with E-state index in [1.165, 1.54) is 10.5 Å². The molecule has 0 saturated heterocycles. The third-order valence-electron chi connectivity index (χ3n) is 3.63. The van der Waals surface area contributed by atoms with Gasteiger partial charge in [0.1, 0.15) is 0 Å². The topological polar surface area (TPSA) is 55.8 Å². The Hall–Kier alpha value is -1.59. The molecule has 0 unspecified atom stereocenters. The molecule has 2 amide bonds. The number of hydrogen-bond acceptors (Lipinski definition) is 3. The van der Waals surface area contributed by atoms with E-state index in [0.717, 1.165) is 12.1 Å². The Labute approximate surface area is 127 Å². The first kappa shape index (κ1) is 17.5. The van der Waals surface area contributed by atoms with Gasteiger partial charge in [-0.15, -0.1) is 0 Å². The second kappa shape index (κ2) is 8.64. The van der Waals surface area contributed by atoms with Crippen molar-refractivity contribution >= 4 is 6.03 Å². The Morgan fingerprint density at radius 3 is 2.43 bits per heavy atom. The maximum Gasteiger partial charge on any atom is 0.317 e. The number of nitrogens with one attached hydrogen (secondary N) is 1. The quantitative estimate of drug-likeness (QED) is 0.804. The van der Waals surface area contributed by atoms with Crippen LogP contribution in [0.1, 0.15) is 25.0 Å². The molecule has 1 rings (SSSR count). The molecule has 0 spiro atoms. The number of carbonyl (C=O) groups is 1. The predicted octanol–water partition coefficient (Wildman–Crippen LogP) is 1.66. The van der Waals surface area contributed by atoms with Crippen LogP contribution in [0.2, 0.25) is 0 Å². The number of aliphatic hydroxyl groups is 1. The average molecular weight is 293 g/mol. The zero-order valence-corrected chi connectivity index (χ0v) is 13.5. The van der Waals surface area contributed by atoms with Gasteiger partial charge in [0, 0.05) is 32.7 Å². The zero-order valence-electron chi connectivity index (χ0n) is 13.5. The van der Waals surface area contributed by atoms with Crippen LogP contribution in [0.25, 0.3) is 0 Å². The highest BCUT2D eigenvalue weighted by atomic mass is 16.3. The molecule has 1 aromatic carbocycles. The first-order valence-electron chi connectivity index (χ1n) is 7.32. The van der Waals surface area contributed by atoms with E-state index in [9.17, 15) is 4.79 Å². The first-order valence-corrected chi connectivity index (χ1v) is 7.32. The molecule has 0 aromatic heterocycles. The smallest absolute Gasteiger partial charge is 0.317 e. The molecular weight excluding hydrogens is 266 g/mol. The maximum absolute atomic E-state index is 11.8. The summed E-state index contributed by atoms with van der Waals surface area (Å²) >= 11 is 0. The highest BCUT2D eigenvalue weighted by Gasteiger charge is 2.10. The van der Waals surface area contributed by atoms with Crippen molar-refractivity contribution < 1.29 is 9.90 Å². The van der Waals surface area contributed by atoms with Crippen LogP contribution in [0.15, 0.2) is 24.3 Å². The molecule has 0 heterocycles. The fourth-order valence-corrected chi connectivity index (χ4v) is 1.89. The van der Waals surface area contributed by atoms with Gasteiger partial charge in [0.25, 0.3) is 0 Å². The van der Waals surface area contributed by atoms with E-state index in [0.29, 0.717) is 19.1 Å². The summed E-state index contributed by atoms with van der Waals surface area (Å²) in [5.41, 5.74) is 2.34. The minimum atomic E-state index is -0.170. The minimum Gasteiger partial charge on any atom is -0.395 e. The SMILES string of the molecule is CC(C)N(C)Cc1ccccc1CNC(=O)N(C)CCO. The van der Waals surface area contributed by atoms with Gasteiger partial charge in [-0.1, -0.05) is 24.3 Å². The van der Waals surface area contributed by atoms with Crippen LogP contribution in [0.5, 0.6) is 0 Å². The third kappa shape index (κ3) is 5.73. The first-order chi connectivity index (χ1) is 9.95. The summed E-state index contributed by atoms with van der Waals surface area (Å²) in [6, 6.07) is 8.44. The lowest BCUT2D eigenvalue weighted by Gasteiger charge is -2.23. The fraction of sp³-hybridized carbons (Fsp3) is 0.562. The highest BCUT2D eigenvalue weighted by molar-refractivity contribution is 5.73. The summed E-state index contributed by atoms with van der Waals surface area (Å²) in [7, 11) is 3.76. The normalized spacial score (nSPS) is 11.0. The van der Waals surface area contributed by atoms with Crippen molar-refractivity contribution in [3.63, 3.8) is 0 Å². The lowest BCUT2D eigenvalue weighted by Crippen LogP contribution is -2.38. The van der Waals surface area contributed by atoms with Crippen molar-refractivity contribution in [2.24, 2.45) is 0 Å². The number of likely N-dealkylation sites (N-methyl/N-ethyl adjacent to an activating group) is 1. The van der Waals surface area contributed by atoms with Crippen molar-refractivity contribution in [2.45, 2.75) is 33.0 Å². The maximum atomic E-state index is 11.8. The number of nitrogens with zero attached hydrogens (tertiary/aromatic N) is 2. The van der Waals surface area contributed by atoms with Gasteiger partial charge >= 0.3 is 6.03 Å². The minimum absolute atomic E-state index is 0.0281. The van der Waals surface area contributed by atoms with Crippen LogP contribution in [0.3, 0.4) is 0 Å². The summed E-state index contributed by atoms with van der Waals surface area (Å²) in [6.45, 7) is 5.98. The van der Waals surface area contributed by atoms with E-state index in [-0.39, 0.29) is 12.6 Å². The largest absolute Gasteiger partial charge is 0.395 e. The summed E-state index contributed by atoms with van der Waals surface area (Å²) in [4.78, 5) is 15.6. The van der Waals surface area contributed by atoms with E-state index in [4.69, 9.17) is 5.11 Å². The van der Waals surface area contributed by atoms with Gasteiger partial charge in [0.2, 0.25) is 0 Å². The van der Waals surface area contributed by atoms with Crippen LogP contribution in [0.4, 0.5) is 4.79 Å². The molecule has 5 heteroatoms. The second-order valence-corrected chi connectivity index (χ2v) is 5.58. The van der Waals surface area contributed by atoms with Gasteiger partial charge in [-0.25, -0.2) is 4.79 Å². The lowest BCUT2D eigenvalue weighted by atomic mass is 10.1. The Kier molecular flexibility index (Phi) is 7.19. The van der Waals surface area contributed by atoms with Crippen LogP contribution < -0.4 is 5.32 Å². The Morgan fingerprint density at radius 2 is 1.86 bits per heavy atom. The van der Waals surface area contributed by atoms with Crippen molar-refractivity contribution in [3.05, 3.63) is 35.4 Å². The Morgan fingerprint density at radius 1 is 1.24 bits per heavy atom. The number of hydrogen-bond donors (Lipinski definition) is 2. The van der Waals surface area contributed by atoms with Gasteiger partial charge in [0.05, 0.1) is 6.61 Å². The summed E-state index contributed by atoms with van der Waals surface area (Å²) < 4.78 is 0. The van der Waals surface area contributed by atoms with Crippen molar-refractivity contribution in [2.75, 3.05) is 27.2 Å². The highest BCUT2D eigenvalue weighted by Crippen LogP contribution is 2.12. The standard InChI is InChI=1S/C16H27N3O2/c1-13(2)19(4)12-15-8-6-5-7-14(15)11-17-16(21)18(3)9-10-20/h5-8,13,20H,9-12H2,1-4H3,(H,17,21). The molecule has 0 radical (unpaired) electrons. The molecule has 0 aliphatic rings. The summed E-state index contributed by atoms with van der Waals surface area (Å²) in [5.74, 6) is 0. The van der Waals surface area contributed by atoms with Gasteiger partial charge in [-0.3, -0.25) is 4.90 Å². The van der Waals surface area contributed by atoms with Crippen LogP contribution >= 0.6 is 0 Å². The van der Waals surface area contributed by atoms with E-state index in [1.54, 1.807) is 7.05 Å². The number of carbonyl (C=O) groups excluding carboxylic acids is 1. The second-order valence-electron chi connectivity index (χ2n) is 5.58. The number of urea groups is 1. The monoisotopic (exact) mass is 293 g/mol. The molecular formula is C16H27N3O2.